The molecule has 0 atom stereocenters. The monoisotopic (exact) mass is 255 g/mol. The Morgan fingerprint density at radius 1 is 1.50 bits per heavy atom. The third-order valence-electron chi connectivity index (χ3n) is 2.70. The number of benzene rings is 1. The van der Waals surface area contributed by atoms with Gasteiger partial charge in [0.05, 0.1) is 6.61 Å². The van der Waals surface area contributed by atoms with E-state index in [1.807, 2.05) is 13.8 Å². The molecule has 1 N–H and O–H groups in total. The van der Waals surface area contributed by atoms with Crippen LogP contribution in [0.5, 0.6) is 5.75 Å². The molecule has 1 aromatic carbocycles. The van der Waals surface area contributed by atoms with Crippen LogP contribution in [0.1, 0.15) is 19.4 Å². The number of carbonyl (C=O) groups excluding carboxylic acids is 1. The minimum atomic E-state index is -0.582. The van der Waals surface area contributed by atoms with E-state index < -0.39 is 5.82 Å². The normalized spacial score (nSPS) is 10.6. The van der Waals surface area contributed by atoms with E-state index in [0.717, 1.165) is 0 Å². The first-order chi connectivity index (χ1) is 8.45. The zero-order valence-electron chi connectivity index (χ0n) is 10.8. The van der Waals surface area contributed by atoms with E-state index in [4.69, 9.17) is 9.84 Å². The highest BCUT2D eigenvalue weighted by atomic mass is 19.1. The lowest BCUT2D eigenvalue weighted by molar-refractivity contribution is -0.133. The van der Waals surface area contributed by atoms with Crippen molar-refractivity contribution in [2.45, 2.75) is 26.5 Å². The molecule has 100 valence electrons. The van der Waals surface area contributed by atoms with Crippen LogP contribution in [0, 0.1) is 5.82 Å². The molecule has 0 unspecified atom stereocenters. The van der Waals surface area contributed by atoms with Gasteiger partial charge in [0.2, 0.25) is 0 Å². The summed E-state index contributed by atoms with van der Waals surface area (Å²) in [5.41, 5.74) is 0.463. The minimum Gasteiger partial charge on any atom is -0.481 e. The molecule has 0 aliphatic rings. The van der Waals surface area contributed by atoms with E-state index >= 15 is 0 Å². The van der Waals surface area contributed by atoms with Crippen LogP contribution in [0.15, 0.2) is 18.2 Å². The molecule has 18 heavy (non-hydrogen) atoms. The minimum absolute atomic E-state index is 0.0118. The van der Waals surface area contributed by atoms with E-state index in [9.17, 15) is 9.18 Å². The second kappa shape index (κ2) is 6.35. The van der Waals surface area contributed by atoms with Crippen molar-refractivity contribution in [1.29, 1.82) is 0 Å². The van der Waals surface area contributed by atoms with Crippen LogP contribution in [0.2, 0.25) is 0 Å². The van der Waals surface area contributed by atoms with Crippen LogP contribution in [-0.2, 0) is 11.4 Å². The van der Waals surface area contributed by atoms with Gasteiger partial charge in [0.15, 0.2) is 18.2 Å². The first-order valence-corrected chi connectivity index (χ1v) is 5.73. The molecule has 0 aromatic heterocycles. The Morgan fingerprint density at radius 3 is 2.67 bits per heavy atom. The number of hydrogen-bond donors (Lipinski definition) is 1. The molecule has 1 aromatic rings. The summed E-state index contributed by atoms with van der Waals surface area (Å²) in [5, 5.41) is 8.84. The Bertz CT molecular complexity index is 421. The van der Waals surface area contributed by atoms with Crippen molar-refractivity contribution in [2.75, 3.05) is 13.7 Å². The van der Waals surface area contributed by atoms with E-state index in [0.29, 0.717) is 5.56 Å². The molecule has 0 saturated heterocycles. The number of aliphatic hydroxyl groups is 1. The summed E-state index contributed by atoms with van der Waals surface area (Å²) in [7, 11) is 1.67. The summed E-state index contributed by atoms with van der Waals surface area (Å²) in [6.45, 7) is 3.33. The molecule has 0 fully saturated rings. The second-order valence-corrected chi connectivity index (χ2v) is 4.31. The number of rotatable bonds is 5. The van der Waals surface area contributed by atoms with Gasteiger partial charge in [-0.1, -0.05) is 6.07 Å². The SMILES string of the molecule is CC(C)N(C)C(=O)COc1ccc(CO)cc1F. The summed E-state index contributed by atoms with van der Waals surface area (Å²) in [6.07, 6.45) is 0. The van der Waals surface area contributed by atoms with E-state index in [2.05, 4.69) is 0 Å². The summed E-state index contributed by atoms with van der Waals surface area (Å²) >= 11 is 0. The van der Waals surface area contributed by atoms with Gasteiger partial charge in [-0.2, -0.15) is 0 Å². The van der Waals surface area contributed by atoms with Crippen molar-refractivity contribution in [1.82, 2.24) is 4.90 Å². The molecular weight excluding hydrogens is 237 g/mol. The number of amides is 1. The van der Waals surface area contributed by atoms with Gasteiger partial charge >= 0.3 is 0 Å². The van der Waals surface area contributed by atoms with Crippen molar-refractivity contribution in [3.63, 3.8) is 0 Å². The molecule has 1 rings (SSSR count). The number of halogens is 1. The molecule has 0 saturated carbocycles. The maximum Gasteiger partial charge on any atom is 0.260 e. The van der Waals surface area contributed by atoms with Crippen LogP contribution in [0.3, 0.4) is 0 Å². The van der Waals surface area contributed by atoms with Gasteiger partial charge in [-0.25, -0.2) is 4.39 Å². The van der Waals surface area contributed by atoms with Gasteiger partial charge in [0.1, 0.15) is 0 Å². The van der Waals surface area contributed by atoms with Crippen LogP contribution < -0.4 is 4.74 Å². The number of ether oxygens (including phenoxy) is 1. The Hall–Kier alpha value is -1.62. The predicted octanol–water partition coefficient (Wildman–Crippen LogP) is 1.56. The first kappa shape index (κ1) is 14.4. The molecule has 0 aliphatic heterocycles. The average molecular weight is 255 g/mol. The summed E-state index contributed by atoms with van der Waals surface area (Å²) < 4.78 is 18.6. The van der Waals surface area contributed by atoms with Gasteiger partial charge in [-0.3, -0.25) is 4.79 Å². The summed E-state index contributed by atoms with van der Waals surface area (Å²) in [5.74, 6) is -0.783. The lowest BCUT2D eigenvalue weighted by atomic mass is 10.2. The molecule has 1 amide bonds. The third-order valence-corrected chi connectivity index (χ3v) is 2.70. The van der Waals surface area contributed by atoms with Crippen LogP contribution in [0.4, 0.5) is 4.39 Å². The highest BCUT2D eigenvalue weighted by Gasteiger charge is 2.13. The zero-order chi connectivity index (χ0) is 13.7. The maximum absolute atomic E-state index is 13.5. The Morgan fingerprint density at radius 2 is 2.17 bits per heavy atom. The van der Waals surface area contributed by atoms with Crippen molar-refractivity contribution in [3.8, 4) is 5.75 Å². The van der Waals surface area contributed by atoms with E-state index in [1.165, 1.54) is 17.0 Å². The van der Waals surface area contributed by atoms with E-state index in [1.54, 1.807) is 13.1 Å². The smallest absolute Gasteiger partial charge is 0.260 e. The topological polar surface area (TPSA) is 49.8 Å². The molecule has 0 radical (unpaired) electrons. The zero-order valence-corrected chi connectivity index (χ0v) is 10.8. The number of nitrogens with zero attached hydrogens (tertiary/aromatic N) is 1. The molecule has 4 nitrogen and oxygen atoms in total. The molecule has 0 heterocycles. The number of likely N-dealkylation sites (N-methyl/N-ethyl adjacent to an activating group) is 1. The van der Waals surface area contributed by atoms with Gasteiger partial charge in [-0.05, 0) is 31.5 Å². The number of hydrogen-bond acceptors (Lipinski definition) is 3. The quantitative estimate of drug-likeness (QED) is 0.868. The van der Waals surface area contributed by atoms with Crippen molar-refractivity contribution >= 4 is 5.91 Å². The molecule has 0 bridgehead atoms. The van der Waals surface area contributed by atoms with Crippen LogP contribution in [0.25, 0.3) is 0 Å². The fourth-order valence-corrected chi connectivity index (χ4v) is 1.29. The number of carbonyl (C=O) groups is 1. The second-order valence-electron chi connectivity index (χ2n) is 4.31. The third kappa shape index (κ3) is 3.70. The average Bonchev–Trinajstić information content (AvgIpc) is 2.35. The van der Waals surface area contributed by atoms with Crippen molar-refractivity contribution < 1.29 is 19.0 Å². The fraction of sp³-hybridized carbons (Fsp3) is 0.462. The molecule has 0 spiro atoms. The van der Waals surface area contributed by atoms with Crippen molar-refractivity contribution in [2.24, 2.45) is 0 Å². The Kier molecular flexibility index (Phi) is 5.09. The van der Waals surface area contributed by atoms with Gasteiger partial charge in [0, 0.05) is 13.1 Å². The highest BCUT2D eigenvalue weighted by Crippen LogP contribution is 2.18. The van der Waals surface area contributed by atoms with Crippen molar-refractivity contribution in [3.05, 3.63) is 29.6 Å². The molecule has 0 aliphatic carbocycles. The molecular formula is C13H18FNO3. The van der Waals surface area contributed by atoms with Gasteiger partial charge in [-0.15, -0.1) is 0 Å². The number of aliphatic hydroxyl groups excluding tert-OH is 1. The highest BCUT2D eigenvalue weighted by molar-refractivity contribution is 5.77. The molecule has 5 heteroatoms. The van der Waals surface area contributed by atoms with Crippen LogP contribution >= 0.6 is 0 Å². The Labute approximate surface area is 106 Å². The Balaban J connectivity index is 2.61. The predicted molar refractivity (Wildman–Crippen MR) is 65.7 cm³/mol. The van der Waals surface area contributed by atoms with E-state index in [-0.39, 0.29) is 30.9 Å². The lowest BCUT2D eigenvalue weighted by Crippen LogP contribution is -2.36. The van der Waals surface area contributed by atoms with Crippen LogP contribution in [-0.4, -0.2) is 35.6 Å². The lowest BCUT2D eigenvalue weighted by Gasteiger charge is -2.21. The summed E-state index contributed by atoms with van der Waals surface area (Å²) in [4.78, 5) is 13.2. The van der Waals surface area contributed by atoms with Gasteiger partial charge < -0.3 is 14.7 Å². The first-order valence-electron chi connectivity index (χ1n) is 5.73. The standard InChI is InChI=1S/C13H18FNO3/c1-9(2)15(3)13(17)8-18-12-5-4-10(7-16)6-11(12)14/h4-6,9,16H,7-8H2,1-3H3. The maximum atomic E-state index is 13.5. The fourth-order valence-electron chi connectivity index (χ4n) is 1.29. The van der Waals surface area contributed by atoms with Gasteiger partial charge in [0.25, 0.3) is 5.91 Å². The largest absolute Gasteiger partial charge is 0.481 e. The summed E-state index contributed by atoms with van der Waals surface area (Å²) in [6, 6.07) is 4.22.